The Hall–Kier alpha value is -1.67. The van der Waals surface area contributed by atoms with E-state index in [2.05, 4.69) is 40.7 Å². The van der Waals surface area contributed by atoms with E-state index in [4.69, 9.17) is 4.52 Å². The smallest absolute Gasteiger partial charge is 0.324 e. The Morgan fingerprint density at radius 1 is 1.25 bits per heavy atom. The van der Waals surface area contributed by atoms with Crippen LogP contribution in [-0.4, -0.2) is 81.9 Å². The largest absolute Gasteiger partial charge is 0.394 e. The van der Waals surface area contributed by atoms with Gasteiger partial charge in [0, 0.05) is 44.2 Å². The summed E-state index contributed by atoms with van der Waals surface area (Å²) in [5.74, 6) is 2.25. The van der Waals surface area contributed by atoms with Gasteiger partial charge in [-0.15, -0.1) is 0 Å². The van der Waals surface area contributed by atoms with Crippen molar-refractivity contribution in [3.05, 3.63) is 5.82 Å². The molecule has 3 aliphatic rings. The van der Waals surface area contributed by atoms with Gasteiger partial charge in [-0.25, -0.2) is 0 Å². The van der Waals surface area contributed by atoms with Crippen molar-refractivity contribution in [2.45, 2.75) is 58.7 Å². The van der Waals surface area contributed by atoms with Gasteiger partial charge in [0.25, 0.3) is 0 Å². The average Bonchev–Trinajstić information content (AvgIpc) is 2.99. The molecule has 3 heterocycles. The number of hydrogen-bond donors (Lipinski definition) is 1. The maximum atomic E-state index is 12.7. The molecule has 3 unspecified atom stereocenters. The van der Waals surface area contributed by atoms with E-state index < -0.39 is 0 Å². The first-order chi connectivity index (χ1) is 13.5. The van der Waals surface area contributed by atoms with E-state index in [1.54, 1.807) is 0 Å². The molecule has 0 aromatic carbocycles. The first-order valence-corrected chi connectivity index (χ1v) is 10.7. The highest BCUT2D eigenvalue weighted by molar-refractivity contribution is 5.82. The van der Waals surface area contributed by atoms with E-state index in [0.29, 0.717) is 35.6 Å². The number of carbonyl (C=O) groups is 1. The number of likely N-dealkylation sites (tertiary alicyclic amines) is 1. The van der Waals surface area contributed by atoms with E-state index >= 15 is 0 Å². The van der Waals surface area contributed by atoms with Crippen LogP contribution in [0.15, 0.2) is 4.52 Å². The Labute approximate surface area is 166 Å². The maximum Gasteiger partial charge on any atom is 0.324 e. The average molecular weight is 392 g/mol. The summed E-state index contributed by atoms with van der Waals surface area (Å²) in [6.07, 6.45) is 1.89. The van der Waals surface area contributed by atoms with Crippen LogP contribution in [0.5, 0.6) is 0 Å². The number of hydrogen-bond acceptors (Lipinski definition) is 7. The van der Waals surface area contributed by atoms with E-state index in [0.717, 1.165) is 39.0 Å². The molecule has 4 rings (SSSR count). The van der Waals surface area contributed by atoms with Gasteiger partial charge in [-0.3, -0.25) is 9.69 Å². The fourth-order valence-electron chi connectivity index (χ4n) is 5.56. The van der Waals surface area contributed by atoms with Crippen LogP contribution in [0.25, 0.3) is 0 Å². The number of rotatable bonds is 6. The number of aryl methyl sites for hydroxylation is 1. The number of amides is 1. The van der Waals surface area contributed by atoms with Crippen LogP contribution in [0.2, 0.25) is 0 Å². The molecule has 1 amide bonds. The molecule has 28 heavy (non-hydrogen) atoms. The molecule has 8 heteroatoms. The van der Waals surface area contributed by atoms with Gasteiger partial charge in [-0.2, -0.15) is 4.98 Å². The van der Waals surface area contributed by atoms with Crippen LogP contribution in [0.4, 0.5) is 6.01 Å². The molecule has 1 aliphatic carbocycles. The van der Waals surface area contributed by atoms with Gasteiger partial charge in [0.2, 0.25) is 5.91 Å². The number of aliphatic hydroxyl groups excluding tert-OH is 1. The Balaban J connectivity index is 1.37. The lowest BCUT2D eigenvalue weighted by Crippen LogP contribution is -2.55. The number of anilines is 1. The van der Waals surface area contributed by atoms with E-state index in [9.17, 15) is 9.90 Å². The third-order valence-corrected chi connectivity index (χ3v) is 7.07. The van der Waals surface area contributed by atoms with Crippen molar-refractivity contribution in [2.24, 2.45) is 17.8 Å². The number of aliphatic hydroxyl groups is 1. The van der Waals surface area contributed by atoms with Gasteiger partial charge in [-0.05, 0) is 52.4 Å². The number of nitrogens with zero attached hydrogens (tertiary/aromatic N) is 5. The molecule has 3 fully saturated rings. The van der Waals surface area contributed by atoms with Gasteiger partial charge in [0.15, 0.2) is 5.82 Å². The topological polar surface area (TPSA) is 85.9 Å². The standard InChI is InChI=1S/C20H33N5O3/c1-5-23(6-2)19(27)18-16-9-24(10-17(16)18)14-7-12(3)25(15(8-14)11-26)20-21-13(4)22-28-20/h12,14-18,26H,5-11H2,1-4H3/t12?,14?,15?,16-,17+,18+. The predicted molar refractivity (Wildman–Crippen MR) is 105 cm³/mol. The Morgan fingerprint density at radius 3 is 2.46 bits per heavy atom. The molecule has 6 atom stereocenters. The molecular formula is C20H33N5O3. The van der Waals surface area contributed by atoms with Gasteiger partial charge < -0.3 is 19.4 Å². The van der Waals surface area contributed by atoms with Crippen LogP contribution in [0.1, 0.15) is 39.4 Å². The monoisotopic (exact) mass is 391 g/mol. The molecule has 2 aliphatic heterocycles. The van der Waals surface area contributed by atoms with Crippen LogP contribution < -0.4 is 4.90 Å². The SMILES string of the molecule is CCN(CC)C(=O)[C@H]1[C@@H]2CN(C3CC(C)N(c4nc(C)no4)C(CO)C3)C[C@@H]21. The summed E-state index contributed by atoms with van der Waals surface area (Å²) in [4.78, 5) is 23.6. The molecule has 2 saturated heterocycles. The van der Waals surface area contributed by atoms with Crippen LogP contribution in [0.3, 0.4) is 0 Å². The van der Waals surface area contributed by atoms with Crippen LogP contribution in [0, 0.1) is 24.7 Å². The third kappa shape index (κ3) is 3.30. The zero-order valence-electron chi connectivity index (χ0n) is 17.4. The zero-order chi connectivity index (χ0) is 20.0. The van der Waals surface area contributed by atoms with E-state index in [1.807, 2.05) is 11.8 Å². The lowest BCUT2D eigenvalue weighted by Gasteiger charge is -2.45. The van der Waals surface area contributed by atoms with Crippen molar-refractivity contribution in [3.63, 3.8) is 0 Å². The second-order valence-electron chi connectivity index (χ2n) is 8.66. The summed E-state index contributed by atoms with van der Waals surface area (Å²) in [5, 5.41) is 13.9. The molecule has 1 aromatic heterocycles. The van der Waals surface area contributed by atoms with Crippen LogP contribution >= 0.6 is 0 Å². The molecule has 0 bridgehead atoms. The lowest BCUT2D eigenvalue weighted by atomic mass is 9.91. The molecule has 156 valence electrons. The minimum Gasteiger partial charge on any atom is -0.394 e. The minimum absolute atomic E-state index is 0.0152. The van der Waals surface area contributed by atoms with Crippen molar-refractivity contribution in [1.29, 1.82) is 0 Å². The molecule has 0 radical (unpaired) electrons. The molecule has 0 spiro atoms. The number of aromatic nitrogens is 2. The molecule has 8 nitrogen and oxygen atoms in total. The second kappa shape index (κ2) is 7.63. The van der Waals surface area contributed by atoms with Crippen molar-refractivity contribution in [2.75, 3.05) is 37.7 Å². The predicted octanol–water partition coefficient (Wildman–Crippen LogP) is 1.14. The molecular weight excluding hydrogens is 358 g/mol. The van der Waals surface area contributed by atoms with Gasteiger partial charge in [0.05, 0.1) is 12.6 Å². The quantitative estimate of drug-likeness (QED) is 0.778. The number of piperidine rings is 2. The Bertz CT molecular complexity index is 694. The van der Waals surface area contributed by atoms with Gasteiger partial charge >= 0.3 is 6.01 Å². The summed E-state index contributed by atoms with van der Waals surface area (Å²) in [7, 11) is 0. The van der Waals surface area contributed by atoms with Crippen molar-refractivity contribution in [1.82, 2.24) is 19.9 Å². The first kappa shape index (κ1) is 19.6. The summed E-state index contributed by atoms with van der Waals surface area (Å²) < 4.78 is 5.37. The highest BCUT2D eigenvalue weighted by Crippen LogP contribution is 2.53. The second-order valence-corrected chi connectivity index (χ2v) is 8.66. The number of carbonyl (C=O) groups excluding carboxylic acids is 1. The molecule has 1 aromatic rings. The first-order valence-electron chi connectivity index (χ1n) is 10.7. The van der Waals surface area contributed by atoms with Gasteiger partial charge in [0.1, 0.15) is 0 Å². The summed E-state index contributed by atoms with van der Waals surface area (Å²) in [6, 6.07) is 1.15. The Kier molecular flexibility index (Phi) is 5.35. The summed E-state index contributed by atoms with van der Waals surface area (Å²) in [5.41, 5.74) is 0. The van der Waals surface area contributed by atoms with Crippen molar-refractivity contribution >= 4 is 11.9 Å². The fraction of sp³-hybridized carbons (Fsp3) is 0.850. The van der Waals surface area contributed by atoms with Gasteiger partial charge in [-0.1, -0.05) is 5.16 Å². The lowest BCUT2D eigenvalue weighted by molar-refractivity contribution is -0.133. The highest BCUT2D eigenvalue weighted by atomic mass is 16.5. The highest BCUT2D eigenvalue weighted by Gasteiger charge is 2.61. The fourth-order valence-corrected chi connectivity index (χ4v) is 5.56. The van der Waals surface area contributed by atoms with E-state index in [1.165, 1.54) is 0 Å². The van der Waals surface area contributed by atoms with Crippen molar-refractivity contribution < 1.29 is 14.4 Å². The molecule has 1 N–H and O–H groups in total. The van der Waals surface area contributed by atoms with E-state index in [-0.39, 0.29) is 24.6 Å². The third-order valence-electron chi connectivity index (χ3n) is 7.07. The number of fused-ring (bicyclic) bond motifs is 1. The van der Waals surface area contributed by atoms with Crippen LogP contribution in [-0.2, 0) is 4.79 Å². The summed E-state index contributed by atoms with van der Waals surface area (Å²) in [6.45, 7) is 11.8. The van der Waals surface area contributed by atoms with Crippen molar-refractivity contribution in [3.8, 4) is 0 Å². The minimum atomic E-state index is -0.0152. The Morgan fingerprint density at radius 2 is 1.93 bits per heavy atom. The summed E-state index contributed by atoms with van der Waals surface area (Å²) >= 11 is 0. The normalized spacial score (nSPS) is 35.1. The zero-order valence-corrected chi connectivity index (χ0v) is 17.4. The maximum absolute atomic E-state index is 12.7. The molecule has 1 saturated carbocycles.